The van der Waals surface area contributed by atoms with Crippen LogP contribution in [0.2, 0.25) is 5.15 Å². The molecule has 0 aliphatic rings. The van der Waals surface area contributed by atoms with Crippen LogP contribution in [0.5, 0.6) is 0 Å². The smallest absolute Gasteiger partial charge is 0.309 e. The maximum atomic E-state index is 12.6. The van der Waals surface area contributed by atoms with Crippen LogP contribution in [-0.2, 0) is 36.8 Å². The van der Waals surface area contributed by atoms with E-state index in [1.54, 1.807) is 52.1 Å². The maximum Gasteiger partial charge on any atom is 0.335 e. The van der Waals surface area contributed by atoms with Crippen LogP contribution in [0.1, 0.15) is 25.1 Å². The average molecular weight is 436 g/mol. The minimum atomic E-state index is -3.89. The zero-order valence-electron chi connectivity index (χ0n) is 15.6. The zero-order chi connectivity index (χ0) is 20.2. The van der Waals surface area contributed by atoms with Gasteiger partial charge in [-0.25, -0.2) is 8.42 Å². The van der Waals surface area contributed by atoms with Gasteiger partial charge in [0, 0.05) is 12.7 Å². The molecule has 0 unspecified atom stereocenters. The summed E-state index contributed by atoms with van der Waals surface area (Å²) in [5, 5.41) is 4.05. The van der Waals surface area contributed by atoms with E-state index in [1.807, 2.05) is 0 Å². The quantitative estimate of drug-likeness (QED) is 0.599. The van der Waals surface area contributed by atoms with Gasteiger partial charge < -0.3 is 9.05 Å². The van der Waals surface area contributed by atoms with Gasteiger partial charge in [-0.3, -0.25) is 14.0 Å². The Morgan fingerprint density at radius 2 is 1.74 bits per heavy atom. The van der Waals surface area contributed by atoms with Crippen LogP contribution in [0, 0.1) is 6.92 Å². The first-order valence-electron chi connectivity index (χ1n) is 8.31. The molecule has 0 fully saturated rings. The molecule has 0 saturated carbocycles. The first kappa shape index (κ1) is 21.9. The highest BCUT2D eigenvalue weighted by molar-refractivity contribution is 7.92. The Morgan fingerprint density at radius 1 is 1.19 bits per heavy atom. The summed E-state index contributed by atoms with van der Waals surface area (Å²) in [4.78, 5) is -0.0621. The predicted molar refractivity (Wildman–Crippen MR) is 105 cm³/mol. The summed E-state index contributed by atoms with van der Waals surface area (Å²) in [5.41, 5.74) is 1.36. The minimum Gasteiger partial charge on any atom is -0.309 e. The summed E-state index contributed by atoms with van der Waals surface area (Å²) in [7, 11) is -5.54. The van der Waals surface area contributed by atoms with Gasteiger partial charge in [0.15, 0.2) is 0 Å². The van der Waals surface area contributed by atoms with E-state index in [1.165, 1.54) is 4.68 Å². The molecule has 2 aromatic rings. The highest BCUT2D eigenvalue weighted by atomic mass is 35.5. The van der Waals surface area contributed by atoms with Crippen LogP contribution in [-0.4, -0.2) is 31.4 Å². The fourth-order valence-corrected chi connectivity index (χ4v) is 6.06. The molecule has 1 N–H and O–H groups in total. The normalized spacial score (nSPS) is 12.3. The van der Waals surface area contributed by atoms with Gasteiger partial charge in [0.25, 0.3) is 10.0 Å². The summed E-state index contributed by atoms with van der Waals surface area (Å²) in [6.45, 7) is 5.62. The number of nitrogens with zero attached hydrogens (tertiary/aromatic N) is 2. The molecule has 150 valence electrons. The molecule has 2 rings (SSSR count). The highest BCUT2D eigenvalue weighted by Gasteiger charge is 2.26. The summed E-state index contributed by atoms with van der Waals surface area (Å²) >= 11 is 6.04. The fraction of sp³-hybridized carbons (Fsp3) is 0.438. The van der Waals surface area contributed by atoms with E-state index < -0.39 is 17.6 Å². The van der Waals surface area contributed by atoms with Gasteiger partial charge in [-0.15, -0.1) is 0 Å². The summed E-state index contributed by atoms with van der Waals surface area (Å²) in [5.74, 6) is 0. The number of sulfonamides is 1. The van der Waals surface area contributed by atoms with Crippen LogP contribution >= 0.6 is 19.2 Å². The molecular formula is C16H23ClN3O5PS. The molecule has 1 aromatic carbocycles. The first-order valence-corrected chi connectivity index (χ1v) is 11.9. The van der Waals surface area contributed by atoms with E-state index >= 15 is 0 Å². The van der Waals surface area contributed by atoms with Crippen LogP contribution < -0.4 is 4.72 Å². The van der Waals surface area contributed by atoms with Gasteiger partial charge in [0.1, 0.15) is 10.0 Å². The molecule has 1 aromatic heterocycles. The molecule has 27 heavy (non-hydrogen) atoms. The number of hydrogen-bond acceptors (Lipinski definition) is 6. The standard InChI is InChI=1S/C16H23ClN3O5PS/c1-5-24-26(21,25-6-2)11-13-7-9-14(10-8-13)19-27(22,23)15-12(3)18-20(4)16(15)17/h7-10,19H,5-6,11H2,1-4H3. The molecule has 0 aliphatic carbocycles. The second-order valence-corrected chi connectivity index (χ2v) is 9.77. The molecule has 0 radical (unpaired) electrons. The van der Waals surface area contributed by atoms with E-state index in [0.717, 1.165) is 0 Å². The van der Waals surface area contributed by atoms with Gasteiger partial charge in [-0.05, 0) is 38.5 Å². The number of anilines is 1. The van der Waals surface area contributed by atoms with E-state index in [-0.39, 0.29) is 29.4 Å². The lowest BCUT2D eigenvalue weighted by atomic mass is 10.2. The van der Waals surface area contributed by atoms with Crippen molar-refractivity contribution in [1.29, 1.82) is 0 Å². The average Bonchev–Trinajstić information content (AvgIpc) is 2.82. The Bertz CT molecular complexity index is 934. The Morgan fingerprint density at radius 3 is 2.19 bits per heavy atom. The molecule has 0 amide bonds. The predicted octanol–water partition coefficient (Wildman–Crippen LogP) is 3.95. The summed E-state index contributed by atoms with van der Waals surface area (Å²) in [6, 6.07) is 6.49. The Balaban J connectivity index is 2.19. The SMILES string of the molecule is CCOP(=O)(Cc1ccc(NS(=O)(=O)c2c(C)nn(C)c2Cl)cc1)OCC. The largest absolute Gasteiger partial charge is 0.335 e. The van der Waals surface area contributed by atoms with Crippen molar-refractivity contribution in [2.75, 3.05) is 17.9 Å². The van der Waals surface area contributed by atoms with Crippen molar-refractivity contribution in [2.24, 2.45) is 7.05 Å². The van der Waals surface area contributed by atoms with Crippen LogP contribution in [0.25, 0.3) is 0 Å². The molecule has 1 heterocycles. The molecule has 0 spiro atoms. The Kier molecular flexibility index (Phi) is 7.10. The number of halogens is 1. The molecule has 11 heteroatoms. The van der Waals surface area contributed by atoms with Crippen molar-refractivity contribution in [3.05, 3.63) is 40.7 Å². The Labute approximate surface area is 164 Å². The number of benzene rings is 1. The van der Waals surface area contributed by atoms with Crippen LogP contribution in [0.4, 0.5) is 5.69 Å². The minimum absolute atomic E-state index is 0.0333. The number of rotatable bonds is 9. The van der Waals surface area contributed by atoms with Crippen LogP contribution in [0.3, 0.4) is 0 Å². The van der Waals surface area contributed by atoms with Crippen LogP contribution in [0.15, 0.2) is 29.2 Å². The lowest BCUT2D eigenvalue weighted by Crippen LogP contribution is -2.14. The van der Waals surface area contributed by atoms with Crippen molar-refractivity contribution < 1.29 is 22.0 Å². The molecule has 0 saturated heterocycles. The molecule has 0 atom stereocenters. The van der Waals surface area contributed by atoms with Gasteiger partial charge in [-0.2, -0.15) is 5.10 Å². The van der Waals surface area contributed by atoms with Crippen molar-refractivity contribution in [3.63, 3.8) is 0 Å². The third-order valence-corrected chi connectivity index (χ3v) is 7.73. The Hall–Kier alpha value is -1.38. The molecule has 0 bridgehead atoms. The van der Waals surface area contributed by atoms with E-state index in [4.69, 9.17) is 20.6 Å². The topological polar surface area (TPSA) is 99.5 Å². The third-order valence-electron chi connectivity index (χ3n) is 3.60. The second-order valence-electron chi connectivity index (χ2n) is 5.74. The van der Waals surface area contributed by atoms with Crippen molar-refractivity contribution in [1.82, 2.24) is 9.78 Å². The molecule has 0 aliphatic heterocycles. The second kappa shape index (κ2) is 8.75. The van der Waals surface area contributed by atoms with E-state index in [0.29, 0.717) is 16.9 Å². The lowest BCUT2D eigenvalue weighted by Gasteiger charge is -2.17. The number of aryl methyl sites for hydroxylation is 2. The number of hydrogen-bond donors (Lipinski definition) is 1. The van der Waals surface area contributed by atoms with E-state index in [2.05, 4.69) is 9.82 Å². The summed E-state index contributed by atoms with van der Waals surface area (Å²) in [6.07, 6.45) is 0.106. The maximum absolute atomic E-state index is 12.6. The van der Waals surface area contributed by atoms with Gasteiger partial charge in [0.2, 0.25) is 0 Å². The molecular weight excluding hydrogens is 413 g/mol. The summed E-state index contributed by atoms with van der Waals surface area (Å²) < 4.78 is 52.1. The zero-order valence-corrected chi connectivity index (χ0v) is 18.1. The fourth-order valence-electron chi connectivity index (χ4n) is 2.55. The van der Waals surface area contributed by atoms with Gasteiger partial charge >= 0.3 is 7.60 Å². The van der Waals surface area contributed by atoms with Crippen molar-refractivity contribution in [2.45, 2.75) is 31.8 Å². The lowest BCUT2D eigenvalue weighted by molar-refractivity contribution is 0.219. The third kappa shape index (κ3) is 5.33. The van der Waals surface area contributed by atoms with Gasteiger partial charge in [0.05, 0.1) is 25.1 Å². The number of nitrogens with one attached hydrogen (secondary N) is 1. The van der Waals surface area contributed by atoms with Crippen molar-refractivity contribution >= 4 is 34.9 Å². The van der Waals surface area contributed by atoms with Crippen molar-refractivity contribution in [3.8, 4) is 0 Å². The number of aromatic nitrogens is 2. The first-order chi connectivity index (χ1) is 12.6. The van der Waals surface area contributed by atoms with Gasteiger partial charge in [-0.1, -0.05) is 23.7 Å². The monoisotopic (exact) mass is 435 g/mol. The molecule has 8 nitrogen and oxygen atoms in total. The highest BCUT2D eigenvalue weighted by Crippen LogP contribution is 2.51. The van der Waals surface area contributed by atoms with E-state index in [9.17, 15) is 13.0 Å².